The summed E-state index contributed by atoms with van der Waals surface area (Å²) in [6.45, 7) is -0.0805. The molecule has 7 heteroatoms. The molecule has 3 rings (SSSR count). The van der Waals surface area contributed by atoms with E-state index in [-0.39, 0.29) is 18.5 Å². The Morgan fingerprint density at radius 2 is 2.08 bits per heavy atom. The molecule has 1 aromatic heterocycles. The number of aliphatic hydroxyl groups excluding tert-OH is 1. The van der Waals surface area contributed by atoms with Crippen LogP contribution in [0.25, 0.3) is 22.0 Å². The van der Waals surface area contributed by atoms with Crippen LogP contribution >= 0.6 is 23.4 Å². The number of methoxy groups -OCH3 is 1. The minimum atomic E-state index is -0.308. The molecule has 0 saturated heterocycles. The maximum Gasteiger partial charge on any atom is 0.123 e. The number of ether oxygens (including phenoxy) is 1. The van der Waals surface area contributed by atoms with Crippen molar-refractivity contribution in [2.45, 2.75) is 11.0 Å². The van der Waals surface area contributed by atoms with Crippen molar-refractivity contribution in [2.24, 2.45) is 0 Å². The Morgan fingerprint density at radius 3 is 2.76 bits per heavy atom. The lowest BCUT2D eigenvalue weighted by molar-refractivity contribution is 0.0656. The number of hydrogen-bond acceptors (Lipinski definition) is 5. The number of halogens is 2. The summed E-state index contributed by atoms with van der Waals surface area (Å²) in [6, 6.07) is 7.98. The highest BCUT2D eigenvalue weighted by molar-refractivity contribution is 7.99. The Morgan fingerprint density at radius 1 is 1.32 bits per heavy atom. The minimum Gasteiger partial charge on any atom is -0.394 e. The summed E-state index contributed by atoms with van der Waals surface area (Å²) in [5, 5.41) is 10.7. The summed E-state index contributed by atoms with van der Waals surface area (Å²) in [5.41, 5.74) is 2.34. The second kappa shape index (κ2) is 8.10. The van der Waals surface area contributed by atoms with E-state index in [0.717, 1.165) is 26.9 Å². The van der Waals surface area contributed by atoms with Gasteiger partial charge in [0.05, 0.1) is 23.3 Å². The van der Waals surface area contributed by atoms with Gasteiger partial charge in [-0.05, 0) is 23.8 Å². The zero-order chi connectivity index (χ0) is 17.8. The second-order valence-corrected chi connectivity index (χ2v) is 6.82. The Bertz CT molecular complexity index is 873. The summed E-state index contributed by atoms with van der Waals surface area (Å²) in [4.78, 5) is 9.28. The monoisotopic (exact) mass is 378 g/mol. The van der Waals surface area contributed by atoms with Gasteiger partial charge in [0.25, 0.3) is 0 Å². The molecule has 1 heterocycles. The molecule has 0 aliphatic rings. The van der Waals surface area contributed by atoms with Crippen molar-refractivity contribution < 1.29 is 14.2 Å². The zero-order valence-electron chi connectivity index (χ0n) is 13.4. The van der Waals surface area contributed by atoms with E-state index in [1.54, 1.807) is 31.5 Å². The summed E-state index contributed by atoms with van der Waals surface area (Å²) in [6.07, 6.45) is 2.88. The number of hydrogen-bond donors (Lipinski definition) is 1. The van der Waals surface area contributed by atoms with Gasteiger partial charge in [0.2, 0.25) is 0 Å². The molecule has 130 valence electrons. The van der Waals surface area contributed by atoms with Gasteiger partial charge in [-0.25, -0.2) is 14.4 Å². The van der Waals surface area contributed by atoms with Gasteiger partial charge < -0.3 is 9.84 Å². The topological polar surface area (TPSA) is 55.2 Å². The molecule has 0 aliphatic heterocycles. The quantitative estimate of drug-likeness (QED) is 0.652. The Hall–Kier alpha value is -1.73. The van der Waals surface area contributed by atoms with Crippen LogP contribution in [0.2, 0.25) is 5.02 Å². The number of rotatable bonds is 6. The van der Waals surface area contributed by atoms with Gasteiger partial charge in [0, 0.05) is 34.9 Å². The van der Waals surface area contributed by atoms with E-state index < -0.39 is 0 Å². The SMILES string of the molecule is CO[C@H](CO)CSc1c(-c2ccc(F)cc2)c(Cl)cc2cncnc12. The van der Waals surface area contributed by atoms with E-state index in [0.29, 0.717) is 10.8 Å². The van der Waals surface area contributed by atoms with Gasteiger partial charge in [-0.2, -0.15) is 0 Å². The van der Waals surface area contributed by atoms with Crippen molar-refractivity contribution in [1.29, 1.82) is 0 Å². The Kier molecular flexibility index (Phi) is 5.86. The van der Waals surface area contributed by atoms with Crippen molar-refractivity contribution >= 4 is 34.3 Å². The molecule has 0 aliphatic carbocycles. The average Bonchev–Trinajstić information content (AvgIpc) is 2.63. The first-order chi connectivity index (χ1) is 12.1. The molecule has 0 radical (unpaired) electrons. The van der Waals surface area contributed by atoms with Gasteiger partial charge in [0.1, 0.15) is 12.1 Å². The lowest BCUT2D eigenvalue weighted by atomic mass is 10.0. The summed E-state index contributed by atoms with van der Waals surface area (Å²) < 4.78 is 18.5. The number of fused-ring (bicyclic) bond motifs is 1. The highest BCUT2D eigenvalue weighted by Crippen LogP contribution is 2.41. The predicted octanol–water partition coefficient (Wildman–Crippen LogP) is 4.19. The molecule has 0 unspecified atom stereocenters. The van der Waals surface area contributed by atoms with Crippen molar-refractivity contribution in [3.8, 4) is 11.1 Å². The summed E-state index contributed by atoms with van der Waals surface area (Å²) >= 11 is 8.02. The highest BCUT2D eigenvalue weighted by atomic mass is 35.5. The highest BCUT2D eigenvalue weighted by Gasteiger charge is 2.18. The molecule has 25 heavy (non-hydrogen) atoms. The van der Waals surface area contributed by atoms with Crippen molar-refractivity contribution in [1.82, 2.24) is 9.97 Å². The first-order valence-corrected chi connectivity index (χ1v) is 8.95. The fourth-order valence-electron chi connectivity index (χ4n) is 2.47. The molecule has 0 saturated carbocycles. The van der Waals surface area contributed by atoms with Crippen LogP contribution in [0.5, 0.6) is 0 Å². The number of nitrogens with zero attached hydrogens (tertiary/aromatic N) is 2. The van der Waals surface area contributed by atoms with Gasteiger partial charge >= 0.3 is 0 Å². The van der Waals surface area contributed by atoms with Crippen LogP contribution in [0.3, 0.4) is 0 Å². The fraction of sp³-hybridized carbons (Fsp3) is 0.222. The number of benzene rings is 2. The molecule has 2 aromatic carbocycles. The van der Waals surface area contributed by atoms with Crippen LogP contribution in [0.1, 0.15) is 0 Å². The van der Waals surface area contributed by atoms with Crippen LogP contribution in [-0.2, 0) is 4.74 Å². The van der Waals surface area contributed by atoms with E-state index in [9.17, 15) is 9.50 Å². The molecular weight excluding hydrogens is 363 g/mol. The summed E-state index contributed by atoms with van der Waals surface area (Å²) in [7, 11) is 1.56. The van der Waals surface area contributed by atoms with Crippen molar-refractivity contribution in [2.75, 3.05) is 19.5 Å². The maximum atomic E-state index is 13.3. The van der Waals surface area contributed by atoms with Gasteiger partial charge in [-0.15, -0.1) is 11.8 Å². The van der Waals surface area contributed by atoms with Crippen LogP contribution < -0.4 is 0 Å². The molecule has 0 bridgehead atoms. The van der Waals surface area contributed by atoms with Gasteiger partial charge in [0.15, 0.2) is 0 Å². The third-order valence-corrected chi connectivity index (χ3v) is 5.31. The van der Waals surface area contributed by atoms with Crippen LogP contribution in [0, 0.1) is 5.82 Å². The fourth-order valence-corrected chi connectivity index (χ4v) is 4.12. The number of aromatic nitrogens is 2. The molecular formula is C18H16ClFN2O2S. The Balaban J connectivity index is 2.15. The minimum absolute atomic E-state index is 0.0805. The second-order valence-electron chi connectivity index (χ2n) is 5.38. The van der Waals surface area contributed by atoms with Gasteiger partial charge in [-0.1, -0.05) is 23.7 Å². The molecule has 0 fully saturated rings. The lowest BCUT2D eigenvalue weighted by Crippen LogP contribution is -2.18. The molecule has 4 nitrogen and oxygen atoms in total. The third kappa shape index (κ3) is 3.93. The number of thioether (sulfide) groups is 1. The average molecular weight is 379 g/mol. The molecule has 0 amide bonds. The molecule has 0 spiro atoms. The smallest absolute Gasteiger partial charge is 0.123 e. The predicted molar refractivity (Wildman–Crippen MR) is 98.5 cm³/mol. The van der Waals surface area contributed by atoms with Crippen molar-refractivity contribution in [3.05, 3.63) is 53.7 Å². The molecule has 1 atom stereocenters. The molecule has 3 aromatic rings. The lowest BCUT2D eigenvalue weighted by Gasteiger charge is -2.17. The number of aliphatic hydroxyl groups is 1. The van der Waals surface area contributed by atoms with E-state index in [1.807, 2.05) is 0 Å². The van der Waals surface area contributed by atoms with Crippen LogP contribution in [-0.4, -0.2) is 40.6 Å². The maximum absolute atomic E-state index is 13.3. The van der Waals surface area contributed by atoms with Crippen LogP contribution in [0.4, 0.5) is 4.39 Å². The van der Waals surface area contributed by atoms with E-state index in [2.05, 4.69) is 9.97 Å². The van der Waals surface area contributed by atoms with Crippen LogP contribution in [0.15, 0.2) is 47.8 Å². The zero-order valence-corrected chi connectivity index (χ0v) is 15.0. The first-order valence-electron chi connectivity index (χ1n) is 7.58. The van der Waals surface area contributed by atoms with E-state index in [1.165, 1.54) is 30.2 Å². The first kappa shape index (κ1) is 18.1. The Labute approximate surface area is 154 Å². The normalized spacial score (nSPS) is 12.5. The third-order valence-electron chi connectivity index (χ3n) is 3.79. The van der Waals surface area contributed by atoms with E-state index >= 15 is 0 Å². The standard InChI is InChI=1S/C18H16ClFN2O2S/c1-24-14(8-23)9-25-18-16(11-2-4-13(20)5-3-11)15(19)6-12-7-21-10-22-17(12)18/h2-7,10,14,23H,8-9H2,1H3/t14-/m1/s1. The summed E-state index contributed by atoms with van der Waals surface area (Å²) in [5.74, 6) is 0.220. The van der Waals surface area contributed by atoms with E-state index in [4.69, 9.17) is 16.3 Å². The van der Waals surface area contributed by atoms with Crippen molar-refractivity contribution in [3.63, 3.8) is 0 Å². The largest absolute Gasteiger partial charge is 0.394 e. The molecule has 1 N–H and O–H groups in total. The van der Waals surface area contributed by atoms with Gasteiger partial charge in [-0.3, -0.25) is 0 Å².